The quantitative estimate of drug-likeness (QED) is 0.659. The van der Waals surface area contributed by atoms with Crippen molar-refractivity contribution in [1.29, 1.82) is 0 Å². The third-order valence-corrected chi connectivity index (χ3v) is 2.64. The number of nitrogen functional groups attached to an aromatic ring is 1. The van der Waals surface area contributed by atoms with E-state index in [0.717, 1.165) is 0 Å². The second-order valence-electron chi connectivity index (χ2n) is 3.88. The number of carbonyl (C=O) groups excluding carboxylic acids is 1. The highest BCUT2D eigenvalue weighted by atomic mass is 35.5. The normalized spacial score (nSPS) is 10.3. The molecule has 1 aromatic carbocycles. The number of amides is 1. The molecule has 1 aromatic heterocycles. The summed E-state index contributed by atoms with van der Waals surface area (Å²) in [5.74, 6) is -0.274. The summed E-state index contributed by atoms with van der Waals surface area (Å²) in [5.41, 5.74) is 7.00. The third-order valence-electron chi connectivity index (χ3n) is 2.23. The van der Waals surface area contributed by atoms with Crippen LogP contribution in [0, 0.1) is 6.92 Å². The highest BCUT2D eigenvalue weighted by Gasteiger charge is 2.10. The molecule has 0 radical (unpaired) electrons. The van der Waals surface area contributed by atoms with Gasteiger partial charge in [0.05, 0.1) is 0 Å². The first kappa shape index (κ1) is 13.6. The van der Waals surface area contributed by atoms with Crippen LogP contribution in [0.15, 0.2) is 24.3 Å². The van der Waals surface area contributed by atoms with Crippen molar-refractivity contribution in [2.75, 3.05) is 11.1 Å². The van der Waals surface area contributed by atoms with Gasteiger partial charge in [0.25, 0.3) is 5.91 Å². The first-order chi connectivity index (χ1) is 8.94. The summed E-state index contributed by atoms with van der Waals surface area (Å²) in [7, 11) is 0. The molecule has 0 aliphatic carbocycles. The molecule has 0 spiro atoms. The van der Waals surface area contributed by atoms with Crippen LogP contribution < -0.4 is 11.1 Å². The van der Waals surface area contributed by atoms with E-state index in [1.807, 2.05) is 0 Å². The summed E-state index contributed by atoms with van der Waals surface area (Å²) >= 11 is 11.6. The molecule has 1 heterocycles. The van der Waals surface area contributed by atoms with Gasteiger partial charge in [0.2, 0.25) is 5.95 Å². The van der Waals surface area contributed by atoms with Gasteiger partial charge >= 0.3 is 0 Å². The second kappa shape index (κ2) is 5.42. The van der Waals surface area contributed by atoms with Crippen molar-refractivity contribution in [3.8, 4) is 0 Å². The van der Waals surface area contributed by atoms with Crippen LogP contribution in [0.2, 0.25) is 10.2 Å². The van der Waals surface area contributed by atoms with Gasteiger partial charge in [0, 0.05) is 22.0 Å². The lowest BCUT2D eigenvalue weighted by Crippen LogP contribution is -2.15. The number of aryl methyl sites for hydroxylation is 1. The lowest BCUT2D eigenvalue weighted by atomic mass is 10.2. The van der Waals surface area contributed by atoms with Crippen molar-refractivity contribution in [2.45, 2.75) is 6.92 Å². The summed E-state index contributed by atoms with van der Waals surface area (Å²) in [6.45, 7) is 1.75. The van der Waals surface area contributed by atoms with Crippen LogP contribution in [-0.2, 0) is 0 Å². The Morgan fingerprint density at radius 2 is 1.95 bits per heavy atom. The maximum absolute atomic E-state index is 12.0. The van der Waals surface area contributed by atoms with Crippen molar-refractivity contribution < 1.29 is 4.79 Å². The lowest BCUT2D eigenvalue weighted by Gasteiger charge is -2.06. The van der Waals surface area contributed by atoms with Crippen LogP contribution in [0.25, 0.3) is 0 Å². The molecule has 19 heavy (non-hydrogen) atoms. The molecule has 0 aliphatic heterocycles. The number of anilines is 2. The van der Waals surface area contributed by atoms with Crippen molar-refractivity contribution in [3.05, 3.63) is 45.7 Å². The van der Waals surface area contributed by atoms with E-state index in [0.29, 0.717) is 22.0 Å². The Morgan fingerprint density at radius 3 is 2.58 bits per heavy atom. The fourth-order valence-corrected chi connectivity index (χ4v) is 1.98. The molecule has 1 amide bonds. The van der Waals surface area contributed by atoms with Gasteiger partial charge < -0.3 is 5.73 Å². The van der Waals surface area contributed by atoms with Crippen molar-refractivity contribution >= 4 is 40.7 Å². The topological polar surface area (TPSA) is 80.9 Å². The zero-order valence-electron chi connectivity index (χ0n) is 9.95. The van der Waals surface area contributed by atoms with Crippen LogP contribution in [0.1, 0.15) is 16.1 Å². The Labute approximate surface area is 119 Å². The number of nitrogens with zero attached hydrogens (tertiary/aromatic N) is 2. The van der Waals surface area contributed by atoms with Crippen molar-refractivity contribution in [1.82, 2.24) is 9.97 Å². The number of carbonyl (C=O) groups is 1. The molecule has 0 atom stereocenters. The van der Waals surface area contributed by atoms with E-state index >= 15 is 0 Å². The minimum atomic E-state index is -0.407. The first-order valence-electron chi connectivity index (χ1n) is 5.32. The second-order valence-corrected chi connectivity index (χ2v) is 4.71. The minimum Gasteiger partial charge on any atom is -0.399 e. The molecule has 0 saturated carbocycles. The first-order valence-corrected chi connectivity index (χ1v) is 6.08. The molecule has 5 nitrogen and oxygen atoms in total. The maximum atomic E-state index is 12.0. The Kier molecular flexibility index (Phi) is 3.87. The minimum absolute atomic E-state index is 0.133. The van der Waals surface area contributed by atoms with E-state index in [1.165, 1.54) is 12.1 Å². The van der Waals surface area contributed by atoms with Gasteiger partial charge in [-0.15, -0.1) is 0 Å². The molecule has 7 heteroatoms. The number of hydrogen-bond acceptors (Lipinski definition) is 4. The lowest BCUT2D eigenvalue weighted by molar-refractivity contribution is 0.102. The highest BCUT2D eigenvalue weighted by Crippen LogP contribution is 2.18. The van der Waals surface area contributed by atoms with Crippen LogP contribution in [0.3, 0.4) is 0 Å². The molecule has 0 unspecified atom stereocenters. The Bertz CT molecular complexity index is 605. The zero-order chi connectivity index (χ0) is 14.0. The Morgan fingerprint density at radius 1 is 1.21 bits per heavy atom. The predicted octanol–water partition coefficient (Wildman–Crippen LogP) is 2.93. The number of nitrogens with two attached hydrogens (primary N) is 1. The van der Waals surface area contributed by atoms with Crippen LogP contribution in [0.5, 0.6) is 0 Å². The maximum Gasteiger partial charge on any atom is 0.258 e. The summed E-state index contributed by atoms with van der Waals surface area (Å²) in [6.07, 6.45) is 0. The molecule has 0 fully saturated rings. The van der Waals surface area contributed by atoms with E-state index in [1.54, 1.807) is 19.1 Å². The van der Waals surface area contributed by atoms with Gasteiger partial charge in [-0.2, -0.15) is 0 Å². The van der Waals surface area contributed by atoms with Crippen molar-refractivity contribution in [2.24, 2.45) is 0 Å². The molecule has 2 rings (SSSR count). The molecular formula is C12H10Cl2N4O. The standard InChI is InChI=1S/C12H10Cl2N4O/c1-6-2-10(14)17-12(16-6)18-11(19)7-3-8(13)5-9(15)4-7/h2-5H,15H2,1H3,(H,16,17,18,19). The number of hydrogen-bond donors (Lipinski definition) is 2. The summed E-state index contributed by atoms with van der Waals surface area (Å²) in [5, 5.41) is 3.18. The van der Waals surface area contributed by atoms with Gasteiger partial charge in [0.1, 0.15) is 5.15 Å². The summed E-state index contributed by atoms with van der Waals surface area (Å²) < 4.78 is 0. The van der Waals surface area contributed by atoms with E-state index < -0.39 is 5.91 Å². The molecule has 3 N–H and O–H groups in total. The number of rotatable bonds is 2. The Balaban J connectivity index is 2.25. The molecule has 98 valence electrons. The zero-order valence-corrected chi connectivity index (χ0v) is 11.5. The highest BCUT2D eigenvalue weighted by molar-refractivity contribution is 6.31. The fraction of sp³-hybridized carbons (Fsp3) is 0.0833. The van der Waals surface area contributed by atoms with E-state index in [-0.39, 0.29) is 11.1 Å². The van der Waals surface area contributed by atoms with E-state index in [4.69, 9.17) is 28.9 Å². The molecule has 0 saturated heterocycles. The number of aromatic nitrogens is 2. The number of halogens is 2. The molecule has 0 aliphatic rings. The smallest absolute Gasteiger partial charge is 0.258 e. The fourth-order valence-electron chi connectivity index (χ4n) is 1.50. The molecular weight excluding hydrogens is 287 g/mol. The summed E-state index contributed by atoms with van der Waals surface area (Å²) in [4.78, 5) is 19.9. The van der Waals surface area contributed by atoms with Crippen LogP contribution >= 0.6 is 23.2 Å². The number of benzene rings is 1. The van der Waals surface area contributed by atoms with Gasteiger partial charge in [-0.25, -0.2) is 9.97 Å². The molecule has 2 aromatic rings. The number of nitrogens with one attached hydrogen (secondary N) is 1. The average molecular weight is 297 g/mol. The van der Waals surface area contributed by atoms with Gasteiger partial charge in [0.15, 0.2) is 0 Å². The monoisotopic (exact) mass is 296 g/mol. The van der Waals surface area contributed by atoms with Crippen LogP contribution in [0.4, 0.5) is 11.6 Å². The Hall–Kier alpha value is -1.85. The average Bonchev–Trinajstić information content (AvgIpc) is 2.25. The van der Waals surface area contributed by atoms with E-state index in [2.05, 4.69) is 15.3 Å². The summed E-state index contributed by atoms with van der Waals surface area (Å²) in [6, 6.07) is 6.16. The van der Waals surface area contributed by atoms with Crippen molar-refractivity contribution in [3.63, 3.8) is 0 Å². The largest absolute Gasteiger partial charge is 0.399 e. The van der Waals surface area contributed by atoms with Gasteiger partial charge in [-0.3, -0.25) is 10.1 Å². The van der Waals surface area contributed by atoms with E-state index in [9.17, 15) is 4.79 Å². The van der Waals surface area contributed by atoms with Gasteiger partial charge in [-0.05, 0) is 31.2 Å². The molecule has 0 bridgehead atoms. The van der Waals surface area contributed by atoms with Gasteiger partial charge in [-0.1, -0.05) is 23.2 Å². The van der Waals surface area contributed by atoms with Crippen LogP contribution in [-0.4, -0.2) is 15.9 Å². The predicted molar refractivity (Wildman–Crippen MR) is 75.6 cm³/mol. The third kappa shape index (κ3) is 3.56. The SMILES string of the molecule is Cc1cc(Cl)nc(NC(=O)c2cc(N)cc(Cl)c2)n1.